The predicted octanol–water partition coefficient (Wildman–Crippen LogP) is 3.32. The summed E-state index contributed by atoms with van der Waals surface area (Å²) in [6, 6.07) is 9.67. The van der Waals surface area contributed by atoms with E-state index in [0.29, 0.717) is 0 Å². The van der Waals surface area contributed by atoms with Crippen LogP contribution in [0.25, 0.3) is 0 Å². The summed E-state index contributed by atoms with van der Waals surface area (Å²) in [4.78, 5) is 10.9. The van der Waals surface area contributed by atoms with Gasteiger partial charge >= 0.3 is 5.97 Å². The highest BCUT2D eigenvalue weighted by atomic mass is 16.4. The van der Waals surface area contributed by atoms with Gasteiger partial charge in [-0.3, -0.25) is 4.79 Å². The zero-order chi connectivity index (χ0) is 12.7. The van der Waals surface area contributed by atoms with Gasteiger partial charge in [-0.05, 0) is 25.0 Å². The lowest BCUT2D eigenvalue weighted by Gasteiger charge is -2.23. The molecule has 0 aromatic heterocycles. The van der Waals surface area contributed by atoms with E-state index in [9.17, 15) is 4.79 Å². The van der Waals surface area contributed by atoms with E-state index in [2.05, 4.69) is 11.8 Å². The first kappa shape index (κ1) is 13.3. The van der Waals surface area contributed by atoms with Crippen LogP contribution in [0.15, 0.2) is 30.3 Å². The van der Waals surface area contributed by atoms with E-state index in [-0.39, 0.29) is 6.42 Å². The zero-order valence-electron chi connectivity index (χ0n) is 10.4. The molecule has 0 aliphatic carbocycles. The van der Waals surface area contributed by atoms with Gasteiger partial charge in [0.05, 0.1) is 6.42 Å². The molecule has 0 unspecified atom stereocenters. The molecule has 0 heterocycles. The molecule has 0 amide bonds. The fraction of sp³-hybridized carbons (Fsp3) is 0.400. The van der Waals surface area contributed by atoms with Crippen molar-refractivity contribution >= 4 is 5.97 Å². The SMILES string of the molecule is CCC(C#Cc1ccccc1)(CC)CC(=O)O. The number of carboxylic acid groups (broad SMARTS) is 1. The summed E-state index contributed by atoms with van der Waals surface area (Å²) in [5.74, 6) is 5.45. The summed E-state index contributed by atoms with van der Waals surface area (Å²) in [5, 5.41) is 8.94. The first-order valence-electron chi connectivity index (χ1n) is 5.92. The van der Waals surface area contributed by atoms with Gasteiger partial charge in [0.15, 0.2) is 0 Å². The van der Waals surface area contributed by atoms with Crippen molar-refractivity contribution in [1.29, 1.82) is 0 Å². The topological polar surface area (TPSA) is 37.3 Å². The molecule has 0 fully saturated rings. The third kappa shape index (κ3) is 3.96. The number of aliphatic carboxylic acids is 1. The summed E-state index contributed by atoms with van der Waals surface area (Å²) in [5.41, 5.74) is 0.533. The minimum atomic E-state index is -0.781. The van der Waals surface area contributed by atoms with E-state index in [1.165, 1.54) is 0 Å². The Morgan fingerprint density at radius 1 is 1.24 bits per heavy atom. The number of carbonyl (C=O) groups is 1. The highest BCUT2D eigenvalue weighted by Gasteiger charge is 2.26. The number of rotatable bonds is 4. The second-order valence-corrected chi connectivity index (χ2v) is 4.17. The average molecular weight is 230 g/mol. The van der Waals surface area contributed by atoms with Crippen LogP contribution in [0.5, 0.6) is 0 Å². The van der Waals surface area contributed by atoms with Gasteiger partial charge < -0.3 is 5.11 Å². The molecule has 2 heteroatoms. The van der Waals surface area contributed by atoms with Crippen molar-refractivity contribution in [2.24, 2.45) is 5.41 Å². The third-order valence-electron chi connectivity index (χ3n) is 3.09. The number of hydrogen-bond acceptors (Lipinski definition) is 1. The van der Waals surface area contributed by atoms with E-state index in [4.69, 9.17) is 5.11 Å². The van der Waals surface area contributed by atoms with Crippen molar-refractivity contribution in [3.05, 3.63) is 35.9 Å². The van der Waals surface area contributed by atoms with Crippen LogP contribution in [0.1, 0.15) is 38.7 Å². The molecule has 1 N–H and O–H groups in total. The molecule has 0 aliphatic heterocycles. The Morgan fingerprint density at radius 3 is 2.29 bits per heavy atom. The van der Waals surface area contributed by atoms with Gasteiger partial charge in [0.25, 0.3) is 0 Å². The number of benzene rings is 1. The molecule has 0 radical (unpaired) electrons. The van der Waals surface area contributed by atoms with Gasteiger partial charge in [-0.15, -0.1) is 0 Å². The molecular formula is C15H18O2. The van der Waals surface area contributed by atoms with Crippen molar-refractivity contribution in [3.8, 4) is 11.8 Å². The first-order chi connectivity index (χ1) is 8.12. The van der Waals surface area contributed by atoms with Crippen LogP contribution < -0.4 is 0 Å². The predicted molar refractivity (Wildman–Crippen MR) is 68.6 cm³/mol. The molecule has 0 bridgehead atoms. The Labute approximate surface area is 103 Å². The van der Waals surface area contributed by atoms with E-state index in [0.717, 1.165) is 18.4 Å². The fourth-order valence-electron chi connectivity index (χ4n) is 1.74. The van der Waals surface area contributed by atoms with E-state index in [1.807, 2.05) is 44.2 Å². The number of carboxylic acids is 1. The fourth-order valence-corrected chi connectivity index (χ4v) is 1.74. The second kappa shape index (κ2) is 6.10. The summed E-state index contributed by atoms with van der Waals surface area (Å²) < 4.78 is 0. The molecule has 2 nitrogen and oxygen atoms in total. The lowest BCUT2D eigenvalue weighted by molar-refractivity contribution is -0.139. The summed E-state index contributed by atoms with van der Waals surface area (Å²) in [6.07, 6.45) is 1.63. The Kier molecular flexibility index (Phi) is 4.78. The van der Waals surface area contributed by atoms with E-state index < -0.39 is 11.4 Å². The zero-order valence-corrected chi connectivity index (χ0v) is 10.4. The van der Waals surface area contributed by atoms with Crippen molar-refractivity contribution in [2.45, 2.75) is 33.1 Å². The molecule has 0 atom stereocenters. The highest BCUT2D eigenvalue weighted by molar-refractivity contribution is 5.68. The molecule has 17 heavy (non-hydrogen) atoms. The van der Waals surface area contributed by atoms with Crippen LogP contribution in [-0.2, 0) is 4.79 Å². The van der Waals surface area contributed by atoms with Gasteiger partial charge in [0.2, 0.25) is 0 Å². The monoisotopic (exact) mass is 230 g/mol. The van der Waals surface area contributed by atoms with Crippen LogP contribution >= 0.6 is 0 Å². The van der Waals surface area contributed by atoms with E-state index >= 15 is 0 Å². The molecular weight excluding hydrogens is 212 g/mol. The largest absolute Gasteiger partial charge is 0.481 e. The third-order valence-corrected chi connectivity index (χ3v) is 3.09. The second-order valence-electron chi connectivity index (χ2n) is 4.17. The summed E-state index contributed by atoms with van der Waals surface area (Å²) >= 11 is 0. The molecule has 0 aliphatic rings. The Balaban J connectivity index is 2.94. The quantitative estimate of drug-likeness (QED) is 0.806. The van der Waals surface area contributed by atoms with Crippen molar-refractivity contribution < 1.29 is 9.90 Å². The van der Waals surface area contributed by atoms with Crippen LogP contribution in [0.2, 0.25) is 0 Å². The van der Waals surface area contributed by atoms with Crippen molar-refractivity contribution in [2.75, 3.05) is 0 Å². The smallest absolute Gasteiger partial charge is 0.304 e. The maximum atomic E-state index is 10.9. The molecule has 0 spiro atoms. The number of hydrogen-bond donors (Lipinski definition) is 1. The van der Waals surface area contributed by atoms with Gasteiger partial charge in [-0.1, -0.05) is 43.9 Å². The first-order valence-corrected chi connectivity index (χ1v) is 5.92. The van der Waals surface area contributed by atoms with Gasteiger partial charge in [-0.2, -0.15) is 0 Å². The van der Waals surface area contributed by atoms with Crippen LogP contribution in [0.3, 0.4) is 0 Å². The summed E-state index contributed by atoms with van der Waals surface area (Å²) in [7, 11) is 0. The van der Waals surface area contributed by atoms with E-state index in [1.54, 1.807) is 0 Å². The lowest BCUT2D eigenvalue weighted by atomic mass is 9.80. The van der Waals surface area contributed by atoms with Gasteiger partial charge in [0, 0.05) is 11.0 Å². The maximum absolute atomic E-state index is 10.9. The molecule has 0 saturated heterocycles. The van der Waals surface area contributed by atoms with Crippen LogP contribution in [0.4, 0.5) is 0 Å². The van der Waals surface area contributed by atoms with Crippen molar-refractivity contribution in [1.82, 2.24) is 0 Å². The van der Waals surface area contributed by atoms with Crippen LogP contribution in [-0.4, -0.2) is 11.1 Å². The van der Waals surface area contributed by atoms with Crippen molar-refractivity contribution in [3.63, 3.8) is 0 Å². The van der Waals surface area contributed by atoms with Gasteiger partial charge in [-0.25, -0.2) is 0 Å². The van der Waals surface area contributed by atoms with Crippen LogP contribution in [0, 0.1) is 17.3 Å². The Bertz CT molecular complexity index is 419. The molecule has 1 rings (SSSR count). The summed E-state index contributed by atoms with van der Waals surface area (Å²) in [6.45, 7) is 3.98. The Morgan fingerprint density at radius 2 is 1.82 bits per heavy atom. The standard InChI is InChI=1S/C15H18O2/c1-3-15(4-2,12-14(16)17)11-10-13-8-6-5-7-9-13/h5-9H,3-4,12H2,1-2H3,(H,16,17). The normalized spacial score (nSPS) is 10.5. The molecule has 90 valence electrons. The maximum Gasteiger partial charge on any atom is 0.304 e. The Hall–Kier alpha value is -1.75. The highest BCUT2D eigenvalue weighted by Crippen LogP contribution is 2.29. The molecule has 1 aromatic rings. The minimum Gasteiger partial charge on any atom is -0.481 e. The average Bonchev–Trinajstić information content (AvgIpc) is 2.35. The lowest BCUT2D eigenvalue weighted by Crippen LogP contribution is -2.21. The molecule has 0 saturated carbocycles. The molecule has 1 aromatic carbocycles. The van der Waals surface area contributed by atoms with Gasteiger partial charge in [0.1, 0.15) is 0 Å². The minimum absolute atomic E-state index is 0.111.